The van der Waals surface area contributed by atoms with E-state index < -0.39 is 0 Å². The average Bonchev–Trinajstić information content (AvgIpc) is 2.68. The summed E-state index contributed by atoms with van der Waals surface area (Å²) in [5.74, 6) is 0.0202. The monoisotopic (exact) mass is 403 g/mol. The second-order valence-electron chi connectivity index (χ2n) is 8.56. The molecule has 1 amide bonds. The number of nitrogens with zero attached hydrogens (tertiary/aromatic N) is 1. The van der Waals surface area contributed by atoms with E-state index in [0.29, 0.717) is 24.1 Å². The van der Waals surface area contributed by atoms with E-state index in [2.05, 4.69) is 15.6 Å². The fraction of sp³-hybridized carbons (Fsp3) is 0.320. The number of anilines is 2. The smallest absolute Gasteiger partial charge is 0.255 e. The number of carbonyl (C=O) groups is 2. The highest BCUT2D eigenvalue weighted by Gasteiger charge is 2.21. The highest BCUT2D eigenvalue weighted by atomic mass is 16.2. The molecular formula is C25H29N3O2. The molecule has 1 aromatic heterocycles. The molecule has 3 aromatic rings. The molecule has 1 heterocycles. The number of nitrogens with one attached hydrogen (secondary N) is 2. The molecule has 2 N–H and O–H groups in total. The molecule has 3 rings (SSSR count). The number of Topliss-reactive ketones (excluding diaryl/α,β-unsaturated/α-hetero) is 1. The molecule has 0 fully saturated rings. The first-order valence-corrected chi connectivity index (χ1v) is 10.3. The maximum Gasteiger partial charge on any atom is 0.255 e. The van der Waals surface area contributed by atoms with Gasteiger partial charge >= 0.3 is 0 Å². The molecule has 0 aliphatic heterocycles. The zero-order valence-corrected chi connectivity index (χ0v) is 18.1. The van der Waals surface area contributed by atoms with E-state index >= 15 is 0 Å². The van der Waals surface area contributed by atoms with Crippen molar-refractivity contribution < 1.29 is 9.59 Å². The predicted octanol–water partition coefficient (Wildman–Crippen LogP) is 5.42. The summed E-state index contributed by atoms with van der Waals surface area (Å²) in [6, 6.07) is 15.5. The maximum absolute atomic E-state index is 13.0. The van der Waals surface area contributed by atoms with Gasteiger partial charge in [0.25, 0.3) is 5.91 Å². The van der Waals surface area contributed by atoms with Crippen LogP contribution in [-0.2, 0) is 11.2 Å². The van der Waals surface area contributed by atoms with Gasteiger partial charge in [-0.2, -0.15) is 0 Å². The van der Waals surface area contributed by atoms with Crippen LogP contribution in [0.1, 0.15) is 56.5 Å². The Morgan fingerprint density at radius 2 is 1.77 bits per heavy atom. The summed E-state index contributed by atoms with van der Waals surface area (Å²) < 4.78 is 0. The Bertz CT molecular complexity index is 1050. The van der Waals surface area contributed by atoms with Crippen LogP contribution in [0.25, 0.3) is 10.9 Å². The zero-order valence-electron chi connectivity index (χ0n) is 18.1. The molecule has 0 atom stereocenters. The number of hydrogen-bond donors (Lipinski definition) is 2. The topological polar surface area (TPSA) is 71.1 Å². The summed E-state index contributed by atoms with van der Waals surface area (Å²) >= 11 is 0. The molecule has 0 radical (unpaired) electrons. The second kappa shape index (κ2) is 9.08. The number of carbonyl (C=O) groups excluding carboxylic acids is 2. The van der Waals surface area contributed by atoms with Gasteiger partial charge in [0.15, 0.2) is 0 Å². The molecular weight excluding hydrogens is 374 g/mol. The first-order chi connectivity index (χ1) is 14.3. The molecule has 156 valence electrons. The molecule has 0 unspecified atom stereocenters. The van der Waals surface area contributed by atoms with Gasteiger partial charge in [0.05, 0.1) is 16.8 Å². The van der Waals surface area contributed by atoms with Crippen LogP contribution in [0.3, 0.4) is 0 Å². The lowest BCUT2D eigenvalue weighted by atomic mass is 10.0. The lowest BCUT2D eigenvalue weighted by molar-refractivity contribution is -0.118. The lowest BCUT2D eigenvalue weighted by Crippen LogP contribution is -2.40. The highest BCUT2D eigenvalue weighted by Crippen LogP contribution is 2.30. The minimum Gasteiger partial charge on any atom is -0.354 e. The van der Waals surface area contributed by atoms with Crippen molar-refractivity contribution in [2.24, 2.45) is 0 Å². The van der Waals surface area contributed by atoms with Crippen molar-refractivity contribution >= 4 is 34.0 Å². The standard InChI is InChI=1S/C25H29N3O2/c1-5-9-19(29)14-17-12-13-22-20(15-17)23(27-18-10-7-6-8-11-18)21(16-26-22)24(30)28-25(2,3)4/h6-8,10-13,15-16H,5,9,14H2,1-4H3,(H,26,27)(H,28,30). The van der Waals surface area contributed by atoms with E-state index in [4.69, 9.17) is 0 Å². The van der Waals surface area contributed by atoms with Crippen molar-refractivity contribution in [1.29, 1.82) is 0 Å². The molecule has 0 aliphatic rings. The summed E-state index contributed by atoms with van der Waals surface area (Å²) in [6.45, 7) is 7.84. The first-order valence-electron chi connectivity index (χ1n) is 10.3. The zero-order chi connectivity index (χ0) is 21.7. The van der Waals surface area contributed by atoms with Crippen LogP contribution in [0.2, 0.25) is 0 Å². The Morgan fingerprint density at radius 3 is 2.43 bits per heavy atom. The van der Waals surface area contributed by atoms with Gasteiger partial charge in [-0.15, -0.1) is 0 Å². The molecule has 0 bridgehead atoms. The van der Waals surface area contributed by atoms with Gasteiger partial charge in [0.2, 0.25) is 0 Å². The molecule has 5 nitrogen and oxygen atoms in total. The van der Waals surface area contributed by atoms with Crippen molar-refractivity contribution in [3.8, 4) is 0 Å². The summed E-state index contributed by atoms with van der Waals surface area (Å²) in [4.78, 5) is 29.7. The molecule has 5 heteroatoms. The fourth-order valence-electron chi connectivity index (χ4n) is 3.33. The fourth-order valence-corrected chi connectivity index (χ4v) is 3.33. The number of benzene rings is 2. The largest absolute Gasteiger partial charge is 0.354 e. The van der Waals surface area contributed by atoms with Crippen LogP contribution in [0, 0.1) is 0 Å². The lowest BCUT2D eigenvalue weighted by Gasteiger charge is -2.22. The molecule has 0 aliphatic carbocycles. The minimum atomic E-state index is -0.371. The number of rotatable bonds is 7. The number of ketones is 1. The van der Waals surface area contributed by atoms with Crippen molar-refractivity contribution in [1.82, 2.24) is 10.3 Å². The normalized spacial score (nSPS) is 11.3. The maximum atomic E-state index is 13.0. The predicted molar refractivity (Wildman–Crippen MR) is 122 cm³/mol. The van der Waals surface area contributed by atoms with Crippen LogP contribution in [0.4, 0.5) is 11.4 Å². The van der Waals surface area contributed by atoms with Crippen LogP contribution in [0.15, 0.2) is 54.7 Å². The van der Waals surface area contributed by atoms with E-state index in [0.717, 1.165) is 28.6 Å². The van der Waals surface area contributed by atoms with Crippen molar-refractivity contribution in [3.05, 3.63) is 65.9 Å². The van der Waals surface area contributed by atoms with E-state index in [1.54, 1.807) is 6.20 Å². The summed E-state index contributed by atoms with van der Waals surface area (Å²) in [5.41, 5.74) is 3.36. The number of amides is 1. The molecule has 0 spiro atoms. The van der Waals surface area contributed by atoms with Gasteiger partial charge < -0.3 is 10.6 Å². The molecule has 30 heavy (non-hydrogen) atoms. The van der Waals surface area contributed by atoms with Crippen LogP contribution >= 0.6 is 0 Å². The summed E-state index contributed by atoms with van der Waals surface area (Å²) in [7, 11) is 0. The molecule has 0 saturated carbocycles. The van der Waals surface area contributed by atoms with Crippen LogP contribution < -0.4 is 10.6 Å². The molecule has 2 aromatic carbocycles. The van der Waals surface area contributed by atoms with Gasteiger partial charge in [-0.3, -0.25) is 14.6 Å². The Kier molecular flexibility index (Phi) is 6.50. The van der Waals surface area contributed by atoms with Crippen molar-refractivity contribution in [3.63, 3.8) is 0 Å². The van der Waals surface area contributed by atoms with Gasteiger partial charge in [-0.1, -0.05) is 31.2 Å². The first kappa shape index (κ1) is 21.5. The van der Waals surface area contributed by atoms with Gasteiger partial charge in [0.1, 0.15) is 5.78 Å². The Morgan fingerprint density at radius 1 is 1.03 bits per heavy atom. The number of pyridine rings is 1. The van der Waals surface area contributed by atoms with Crippen molar-refractivity contribution in [2.45, 2.75) is 52.5 Å². The van der Waals surface area contributed by atoms with E-state index in [9.17, 15) is 9.59 Å². The summed E-state index contributed by atoms with van der Waals surface area (Å²) in [5, 5.41) is 7.24. The minimum absolute atomic E-state index is 0.192. The number of aromatic nitrogens is 1. The number of fused-ring (bicyclic) bond motifs is 1. The van der Waals surface area contributed by atoms with Gasteiger partial charge in [0, 0.05) is 35.7 Å². The average molecular weight is 404 g/mol. The summed E-state index contributed by atoms with van der Waals surface area (Å²) in [6.07, 6.45) is 3.40. The Hall–Kier alpha value is -3.21. The number of hydrogen-bond acceptors (Lipinski definition) is 4. The van der Waals surface area contributed by atoms with E-state index in [1.807, 2.05) is 76.2 Å². The molecule has 0 saturated heterocycles. The van der Waals surface area contributed by atoms with Crippen molar-refractivity contribution in [2.75, 3.05) is 5.32 Å². The Labute approximate surface area is 177 Å². The highest BCUT2D eigenvalue weighted by molar-refractivity contribution is 6.08. The van der Waals surface area contributed by atoms with E-state index in [1.165, 1.54) is 0 Å². The van der Waals surface area contributed by atoms with Gasteiger partial charge in [-0.25, -0.2) is 0 Å². The third-order valence-corrected chi connectivity index (χ3v) is 4.64. The van der Waals surface area contributed by atoms with Crippen LogP contribution in [-0.4, -0.2) is 22.2 Å². The van der Waals surface area contributed by atoms with Crippen LogP contribution in [0.5, 0.6) is 0 Å². The Balaban J connectivity index is 2.10. The van der Waals surface area contributed by atoms with Gasteiger partial charge in [-0.05, 0) is 57.0 Å². The van der Waals surface area contributed by atoms with E-state index in [-0.39, 0.29) is 17.2 Å². The quantitative estimate of drug-likeness (QED) is 0.553. The third-order valence-electron chi connectivity index (χ3n) is 4.64. The third kappa shape index (κ3) is 5.44. The number of para-hydroxylation sites is 1. The SMILES string of the molecule is CCCC(=O)Cc1ccc2ncc(C(=O)NC(C)(C)C)c(Nc3ccccc3)c2c1. The second-order valence-corrected chi connectivity index (χ2v) is 8.56.